The lowest BCUT2D eigenvalue weighted by Crippen LogP contribution is -2.11. The van der Waals surface area contributed by atoms with E-state index in [1.165, 1.54) is 22.7 Å². The van der Waals surface area contributed by atoms with Crippen molar-refractivity contribution in [2.45, 2.75) is 13.3 Å². The van der Waals surface area contributed by atoms with Gasteiger partial charge in [0.2, 0.25) is 0 Å². The van der Waals surface area contributed by atoms with E-state index in [0.29, 0.717) is 5.13 Å². The first-order valence-electron chi connectivity index (χ1n) is 6.51. The number of aromatic nitrogens is 2. The van der Waals surface area contributed by atoms with Crippen molar-refractivity contribution in [3.63, 3.8) is 0 Å². The molecule has 0 aliphatic rings. The van der Waals surface area contributed by atoms with Crippen molar-refractivity contribution in [2.75, 3.05) is 5.32 Å². The van der Waals surface area contributed by atoms with Crippen LogP contribution >= 0.6 is 22.7 Å². The lowest BCUT2D eigenvalue weighted by Gasteiger charge is -2.01. The highest BCUT2D eigenvalue weighted by atomic mass is 32.1. The molecule has 1 amide bonds. The number of nitrogens with zero attached hydrogens (tertiary/aromatic N) is 2. The topological polar surface area (TPSA) is 54.9 Å². The largest absolute Gasteiger partial charge is 0.297 e. The lowest BCUT2D eigenvalue weighted by atomic mass is 10.2. The highest BCUT2D eigenvalue weighted by Crippen LogP contribution is 2.25. The molecule has 1 N–H and O–H groups in total. The summed E-state index contributed by atoms with van der Waals surface area (Å²) in [6.07, 6.45) is 4.34. The van der Waals surface area contributed by atoms with Crippen molar-refractivity contribution in [1.82, 2.24) is 9.97 Å². The molecule has 0 radical (unpaired) electrons. The highest BCUT2D eigenvalue weighted by molar-refractivity contribution is 7.14. The molecule has 0 unspecified atom stereocenters. The van der Waals surface area contributed by atoms with Gasteiger partial charge in [0.05, 0.1) is 10.6 Å². The molecule has 0 spiro atoms. The normalized spacial score (nSPS) is 10.5. The molecule has 6 heteroatoms. The fourth-order valence-corrected chi connectivity index (χ4v) is 3.55. The van der Waals surface area contributed by atoms with Gasteiger partial charge in [0.15, 0.2) is 5.13 Å². The van der Waals surface area contributed by atoms with Crippen molar-refractivity contribution in [1.29, 1.82) is 0 Å². The van der Waals surface area contributed by atoms with Crippen LogP contribution in [-0.4, -0.2) is 15.9 Å². The van der Waals surface area contributed by atoms with Gasteiger partial charge in [-0.3, -0.25) is 15.1 Å². The van der Waals surface area contributed by atoms with Gasteiger partial charge in [-0.1, -0.05) is 6.92 Å². The Kier molecular flexibility index (Phi) is 4.08. The Morgan fingerprint density at radius 2 is 2.24 bits per heavy atom. The zero-order chi connectivity index (χ0) is 14.7. The Morgan fingerprint density at radius 1 is 1.33 bits per heavy atom. The molecule has 0 bridgehead atoms. The van der Waals surface area contributed by atoms with Gasteiger partial charge in [-0.25, -0.2) is 4.98 Å². The van der Waals surface area contributed by atoms with Gasteiger partial charge in [0.1, 0.15) is 0 Å². The van der Waals surface area contributed by atoms with Crippen LogP contribution < -0.4 is 5.32 Å². The number of aryl methyl sites for hydroxylation is 1. The van der Waals surface area contributed by atoms with Crippen LogP contribution in [0, 0.1) is 0 Å². The minimum absolute atomic E-state index is 0.0889. The van der Waals surface area contributed by atoms with Crippen LogP contribution in [0.15, 0.2) is 41.4 Å². The van der Waals surface area contributed by atoms with E-state index in [9.17, 15) is 4.79 Å². The van der Waals surface area contributed by atoms with Crippen LogP contribution in [0.3, 0.4) is 0 Å². The molecule has 3 rings (SSSR count). The van der Waals surface area contributed by atoms with Crippen LogP contribution in [0.25, 0.3) is 11.3 Å². The van der Waals surface area contributed by atoms with Crippen molar-refractivity contribution >= 4 is 33.7 Å². The van der Waals surface area contributed by atoms with Gasteiger partial charge >= 0.3 is 0 Å². The SMILES string of the molecule is CCc1ccsc1C(=O)Nc1nc(-c2cccnc2)cs1. The van der Waals surface area contributed by atoms with Crippen molar-refractivity contribution in [3.05, 3.63) is 51.8 Å². The van der Waals surface area contributed by atoms with Crippen LogP contribution in [0.2, 0.25) is 0 Å². The quantitative estimate of drug-likeness (QED) is 0.789. The summed E-state index contributed by atoms with van der Waals surface area (Å²) in [7, 11) is 0. The number of hydrogen-bond acceptors (Lipinski definition) is 5. The second kappa shape index (κ2) is 6.15. The van der Waals surface area contributed by atoms with Gasteiger partial charge in [0.25, 0.3) is 5.91 Å². The van der Waals surface area contributed by atoms with Crippen molar-refractivity contribution in [2.24, 2.45) is 0 Å². The molecule has 0 atom stereocenters. The van der Waals surface area contributed by atoms with Crippen LogP contribution in [0.1, 0.15) is 22.2 Å². The fourth-order valence-electron chi connectivity index (χ4n) is 1.95. The molecule has 3 aromatic rings. The molecule has 0 aromatic carbocycles. The molecule has 0 aliphatic heterocycles. The summed E-state index contributed by atoms with van der Waals surface area (Å²) in [5, 5.41) is 7.33. The second-order valence-electron chi connectivity index (χ2n) is 4.36. The number of rotatable bonds is 4. The number of amides is 1. The van der Waals surface area contributed by atoms with Crippen LogP contribution in [-0.2, 0) is 6.42 Å². The molecule has 3 aromatic heterocycles. The van der Waals surface area contributed by atoms with E-state index in [1.54, 1.807) is 12.4 Å². The highest BCUT2D eigenvalue weighted by Gasteiger charge is 2.14. The Hall–Kier alpha value is -2.05. The maximum atomic E-state index is 12.3. The second-order valence-corrected chi connectivity index (χ2v) is 6.14. The molecular formula is C15H13N3OS2. The summed E-state index contributed by atoms with van der Waals surface area (Å²) in [6, 6.07) is 5.80. The average molecular weight is 315 g/mol. The molecule has 0 saturated carbocycles. The van der Waals surface area contributed by atoms with Gasteiger partial charge in [-0.2, -0.15) is 0 Å². The van der Waals surface area contributed by atoms with E-state index in [-0.39, 0.29) is 5.91 Å². The molecule has 0 fully saturated rings. The monoisotopic (exact) mass is 315 g/mol. The van der Waals surface area contributed by atoms with Gasteiger partial charge in [-0.05, 0) is 35.6 Å². The summed E-state index contributed by atoms with van der Waals surface area (Å²) >= 11 is 2.88. The third kappa shape index (κ3) is 3.01. The zero-order valence-electron chi connectivity index (χ0n) is 11.4. The van der Waals surface area contributed by atoms with Crippen molar-refractivity contribution in [3.8, 4) is 11.3 Å². The summed E-state index contributed by atoms with van der Waals surface area (Å²) in [6.45, 7) is 2.04. The molecule has 4 nitrogen and oxygen atoms in total. The van der Waals surface area contributed by atoms with E-state index in [4.69, 9.17) is 0 Å². The summed E-state index contributed by atoms with van der Waals surface area (Å²) in [4.78, 5) is 21.5. The van der Waals surface area contributed by atoms with E-state index in [0.717, 1.165) is 28.1 Å². The molecule has 0 aliphatic carbocycles. The van der Waals surface area contributed by atoms with Crippen molar-refractivity contribution < 1.29 is 4.79 Å². The number of thiophene rings is 1. The van der Waals surface area contributed by atoms with Gasteiger partial charge < -0.3 is 0 Å². The number of hydrogen-bond donors (Lipinski definition) is 1. The number of carbonyl (C=O) groups is 1. The molecular weight excluding hydrogens is 302 g/mol. The molecule has 0 saturated heterocycles. The first-order valence-corrected chi connectivity index (χ1v) is 8.27. The van der Waals surface area contributed by atoms with Gasteiger partial charge in [0, 0.05) is 23.3 Å². The Balaban J connectivity index is 1.77. The summed E-state index contributed by atoms with van der Waals surface area (Å²) in [5.41, 5.74) is 2.84. The zero-order valence-corrected chi connectivity index (χ0v) is 13.0. The predicted octanol–water partition coefficient (Wildman–Crippen LogP) is 4.08. The summed E-state index contributed by atoms with van der Waals surface area (Å²) in [5.74, 6) is -0.0889. The number of anilines is 1. The minimum Gasteiger partial charge on any atom is -0.297 e. The molecule has 106 valence electrons. The average Bonchev–Trinajstić information content (AvgIpc) is 3.16. The minimum atomic E-state index is -0.0889. The van der Waals surface area contributed by atoms with Gasteiger partial charge in [-0.15, -0.1) is 22.7 Å². The molecule has 3 heterocycles. The van der Waals surface area contributed by atoms with E-state index in [1.807, 2.05) is 35.9 Å². The van der Waals surface area contributed by atoms with Crippen LogP contribution in [0.5, 0.6) is 0 Å². The standard InChI is InChI=1S/C15H13N3OS2/c1-2-10-5-7-20-13(10)14(19)18-15-17-12(9-21-15)11-4-3-6-16-8-11/h3-9H,2H2,1H3,(H,17,18,19). The number of nitrogens with one attached hydrogen (secondary N) is 1. The first kappa shape index (κ1) is 13.9. The smallest absolute Gasteiger partial charge is 0.267 e. The Morgan fingerprint density at radius 3 is 3.00 bits per heavy atom. The van der Waals surface area contributed by atoms with Crippen LogP contribution in [0.4, 0.5) is 5.13 Å². The maximum Gasteiger partial charge on any atom is 0.267 e. The number of carbonyl (C=O) groups excluding carboxylic acids is 1. The van der Waals surface area contributed by atoms with E-state index < -0.39 is 0 Å². The maximum absolute atomic E-state index is 12.3. The van der Waals surface area contributed by atoms with E-state index in [2.05, 4.69) is 15.3 Å². The Labute approximate surface area is 130 Å². The van der Waals surface area contributed by atoms with E-state index >= 15 is 0 Å². The number of pyridine rings is 1. The third-order valence-corrected chi connectivity index (χ3v) is 4.73. The summed E-state index contributed by atoms with van der Waals surface area (Å²) < 4.78 is 0. The Bertz CT molecular complexity index is 749. The third-order valence-electron chi connectivity index (χ3n) is 3.02. The predicted molar refractivity (Wildman–Crippen MR) is 87.0 cm³/mol. The lowest BCUT2D eigenvalue weighted by molar-refractivity contribution is 0.103. The molecule has 21 heavy (non-hydrogen) atoms. The first-order chi connectivity index (χ1) is 10.3. The number of thiazole rings is 1. The fraction of sp³-hybridized carbons (Fsp3) is 0.133.